The van der Waals surface area contributed by atoms with E-state index in [0.29, 0.717) is 11.6 Å². The third kappa shape index (κ3) is 3.67. The fourth-order valence-corrected chi connectivity index (χ4v) is 1.83. The molecule has 0 amide bonds. The zero-order valence-electron chi connectivity index (χ0n) is 10.6. The maximum absolute atomic E-state index is 13.6. The van der Waals surface area contributed by atoms with E-state index in [0.717, 1.165) is 18.5 Å². The Morgan fingerprint density at radius 1 is 1.47 bits per heavy atom. The van der Waals surface area contributed by atoms with Crippen LogP contribution in [0.4, 0.5) is 4.39 Å². The second-order valence-electron chi connectivity index (χ2n) is 4.84. The zero-order chi connectivity index (χ0) is 12.3. The van der Waals surface area contributed by atoms with Gasteiger partial charge < -0.3 is 5.32 Å². The van der Waals surface area contributed by atoms with Crippen LogP contribution in [-0.2, 0) is 0 Å². The summed E-state index contributed by atoms with van der Waals surface area (Å²) in [5, 5.41) is 3.47. The summed E-state index contributed by atoms with van der Waals surface area (Å²) >= 11 is 0. The van der Waals surface area contributed by atoms with Crippen molar-refractivity contribution in [1.82, 2.24) is 5.32 Å². The number of aryl methyl sites for hydroxylation is 1. The topological polar surface area (TPSA) is 12.0 Å². The molecule has 0 bridgehead atoms. The smallest absolute Gasteiger partial charge is 0.130 e. The Balaban J connectivity index is 2.09. The summed E-state index contributed by atoms with van der Waals surface area (Å²) < 4.78 is 13.6. The first kappa shape index (κ1) is 12.3. The van der Waals surface area contributed by atoms with Gasteiger partial charge in [0.15, 0.2) is 0 Å². The second-order valence-corrected chi connectivity index (χ2v) is 4.84. The van der Waals surface area contributed by atoms with Crippen molar-refractivity contribution < 1.29 is 4.39 Å². The van der Waals surface area contributed by atoms with Crippen LogP contribution in [0.1, 0.15) is 37.3 Å². The van der Waals surface area contributed by atoms with Gasteiger partial charge in [0.05, 0.1) is 0 Å². The fraction of sp³-hybridized carbons (Fsp3) is 0.467. The highest BCUT2D eigenvalue weighted by Gasteiger charge is 2.20. The summed E-state index contributed by atoms with van der Waals surface area (Å²) in [6, 6.07) is 5.96. The van der Waals surface area contributed by atoms with Crippen LogP contribution in [0, 0.1) is 12.7 Å². The molecule has 1 N–H and O–H groups in total. The first-order valence-corrected chi connectivity index (χ1v) is 6.38. The van der Waals surface area contributed by atoms with E-state index in [1.54, 1.807) is 12.1 Å². The van der Waals surface area contributed by atoms with E-state index in [9.17, 15) is 4.39 Å². The summed E-state index contributed by atoms with van der Waals surface area (Å²) in [4.78, 5) is 0. The van der Waals surface area contributed by atoms with Gasteiger partial charge in [0.1, 0.15) is 5.82 Å². The lowest BCUT2D eigenvalue weighted by Crippen LogP contribution is -2.18. The van der Waals surface area contributed by atoms with E-state index < -0.39 is 0 Å². The van der Waals surface area contributed by atoms with Crippen LogP contribution >= 0.6 is 0 Å². The maximum atomic E-state index is 13.6. The van der Waals surface area contributed by atoms with Crippen LogP contribution in [-0.4, -0.2) is 12.6 Å². The second kappa shape index (κ2) is 5.46. The van der Waals surface area contributed by atoms with Gasteiger partial charge in [0.2, 0.25) is 0 Å². The van der Waals surface area contributed by atoms with Crippen molar-refractivity contribution in [3.8, 4) is 0 Å². The number of halogens is 1. The molecule has 1 aliphatic carbocycles. The summed E-state index contributed by atoms with van der Waals surface area (Å²) in [7, 11) is 0. The van der Waals surface area contributed by atoms with Gasteiger partial charge in [0.25, 0.3) is 0 Å². The Hall–Kier alpha value is -1.15. The summed E-state index contributed by atoms with van der Waals surface area (Å²) in [5.41, 5.74) is 3.07. The molecule has 1 aromatic rings. The van der Waals surface area contributed by atoms with Crippen molar-refractivity contribution in [3.63, 3.8) is 0 Å². The van der Waals surface area contributed by atoms with Gasteiger partial charge in [-0.2, -0.15) is 0 Å². The van der Waals surface area contributed by atoms with Gasteiger partial charge in [-0.15, -0.1) is 0 Å². The zero-order valence-corrected chi connectivity index (χ0v) is 10.6. The average molecular weight is 233 g/mol. The van der Waals surface area contributed by atoms with Gasteiger partial charge in [-0.3, -0.25) is 0 Å². The van der Waals surface area contributed by atoms with Crippen molar-refractivity contribution in [3.05, 3.63) is 40.7 Å². The van der Waals surface area contributed by atoms with Crippen molar-refractivity contribution in [1.29, 1.82) is 0 Å². The largest absolute Gasteiger partial charge is 0.310 e. The molecule has 1 aromatic carbocycles. The molecule has 0 radical (unpaired) electrons. The summed E-state index contributed by atoms with van der Waals surface area (Å²) in [5.74, 6) is -0.132. The first-order chi connectivity index (χ1) is 8.19. The monoisotopic (exact) mass is 233 g/mol. The Labute approximate surface area is 103 Å². The molecular weight excluding hydrogens is 213 g/mol. The van der Waals surface area contributed by atoms with E-state index in [1.807, 2.05) is 19.1 Å². The number of nitrogens with one attached hydrogen (secondary N) is 1. The van der Waals surface area contributed by atoms with Crippen LogP contribution in [0.5, 0.6) is 0 Å². The molecule has 0 heterocycles. The molecule has 1 saturated carbocycles. The summed E-state index contributed by atoms with van der Waals surface area (Å²) in [6.07, 6.45) is 5.52. The van der Waals surface area contributed by atoms with E-state index in [1.165, 1.54) is 18.4 Å². The van der Waals surface area contributed by atoms with Crippen LogP contribution in [0.25, 0.3) is 6.08 Å². The molecule has 0 aliphatic heterocycles. The van der Waals surface area contributed by atoms with Crippen LogP contribution in [0.15, 0.2) is 23.8 Å². The molecule has 2 heteroatoms. The molecule has 2 rings (SSSR count). The molecule has 17 heavy (non-hydrogen) atoms. The highest BCUT2D eigenvalue weighted by atomic mass is 19.1. The lowest BCUT2D eigenvalue weighted by molar-refractivity contribution is 0.624. The number of benzene rings is 1. The third-order valence-electron chi connectivity index (χ3n) is 3.16. The SMILES string of the molecule is CC/C(=C/c1cc(C)ccc1F)CNC1CC1. The van der Waals surface area contributed by atoms with E-state index in [-0.39, 0.29) is 5.82 Å². The quantitative estimate of drug-likeness (QED) is 0.818. The molecule has 1 aliphatic rings. The standard InChI is InChI=1S/C15H20FN/c1-3-12(10-17-14-5-6-14)9-13-8-11(2)4-7-15(13)16/h4,7-9,14,17H,3,5-6,10H2,1-2H3/b12-9-. The minimum Gasteiger partial charge on any atom is -0.310 e. The highest BCUT2D eigenvalue weighted by Crippen LogP contribution is 2.20. The normalized spacial score (nSPS) is 16.3. The Morgan fingerprint density at radius 2 is 2.24 bits per heavy atom. The molecule has 0 atom stereocenters. The van der Waals surface area contributed by atoms with E-state index in [4.69, 9.17) is 0 Å². The van der Waals surface area contributed by atoms with Gasteiger partial charge >= 0.3 is 0 Å². The number of rotatable bonds is 5. The van der Waals surface area contributed by atoms with Crippen molar-refractivity contribution in [2.24, 2.45) is 0 Å². The van der Waals surface area contributed by atoms with Crippen LogP contribution in [0.3, 0.4) is 0 Å². The highest BCUT2D eigenvalue weighted by molar-refractivity contribution is 5.54. The predicted octanol–water partition coefficient (Wildman–Crippen LogP) is 3.68. The Kier molecular flexibility index (Phi) is 3.95. The first-order valence-electron chi connectivity index (χ1n) is 6.38. The van der Waals surface area contributed by atoms with Gasteiger partial charge in [0, 0.05) is 18.2 Å². The van der Waals surface area contributed by atoms with Crippen molar-refractivity contribution >= 4 is 6.08 Å². The molecule has 92 valence electrons. The lowest BCUT2D eigenvalue weighted by Gasteiger charge is -2.07. The van der Waals surface area contributed by atoms with E-state index >= 15 is 0 Å². The van der Waals surface area contributed by atoms with Crippen LogP contribution in [0.2, 0.25) is 0 Å². The van der Waals surface area contributed by atoms with Gasteiger partial charge in [-0.05, 0) is 38.3 Å². The van der Waals surface area contributed by atoms with E-state index in [2.05, 4.69) is 12.2 Å². The minimum absolute atomic E-state index is 0.132. The van der Waals surface area contributed by atoms with Crippen LogP contribution < -0.4 is 5.32 Å². The lowest BCUT2D eigenvalue weighted by atomic mass is 10.1. The number of hydrogen-bond donors (Lipinski definition) is 1. The third-order valence-corrected chi connectivity index (χ3v) is 3.16. The number of hydrogen-bond acceptors (Lipinski definition) is 1. The molecule has 0 saturated heterocycles. The molecule has 0 unspecified atom stereocenters. The molecule has 1 fully saturated rings. The summed E-state index contributed by atoms with van der Waals surface area (Å²) in [6.45, 7) is 4.99. The molecule has 0 spiro atoms. The predicted molar refractivity (Wildman–Crippen MR) is 70.4 cm³/mol. The van der Waals surface area contributed by atoms with Gasteiger partial charge in [-0.1, -0.05) is 30.2 Å². The molecule has 0 aromatic heterocycles. The van der Waals surface area contributed by atoms with Crippen molar-refractivity contribution in [2.75, 3.05) is 6.54 Å². The Bertz CT molecular complexity index is 419. The Morgan fingerprint density at radius 3 is 2.88 bits per heavy atom. The van der Waals surface area contributed by atoms with Gasteiger partial charge in [-0.25, -0.2) is 4.39 Å². The van der Waals surface area contributed by atoms with Crippen molar-refractivity contribution in [2.45, 2.75) is 39.2 Å². The maximum Gasteiger partial charge on any atom is 0.130 e. The minimum atomic E-state index is -0.132. The average Bonchev–Trinajstić information content (AvgIpc) is 3.12. The fourth-order valence-electron chi connectivity index (χ4n) is 1.83. The molecular formula is C15H20FN. The molecule has 1 nitrogen and oxygen atoms in total.